The summed E-state index contributed by atoms with van der Waals surface area (Å²) in [5.41, 5.74) is 1.43. The van der Waals surface area contributed by atoms with Crippen molar-refractivity contribution in [2.24, 2.45) is 11.8 Å². The van der Waals surface area contributed by atoms with E-state index in [1.807, 2.05) is 32.6 Å². The molecule has 0 fully saturated rings. The summed E-state index contributed by atoms with van der Waals surface area (Å²) in [5, 5.41) is 0. The number of anilines is 2. The van der Waals surface area contributed by atoms with Gasteiger partial charge in [-0.3, -0.25) is 0 Å². The summed E-state index contributed by atoms with van der Waals surface area (Å²) in [6, 6.07) is 2.00. The Hall–Kier alpha value is -1.50. The van der Waals surface area contributed by atoms with Gasteiger partial charge in [0.15, 0.2) is 0 Å². The molecule has 0 spiro atoms. The zero-order valence-electron chi connectivity index (χ0n) is 12.1. The molecule has 0 bridgehead atoms. The molecule has 4 nitrogen and oxygen atoms in total. The molecule has 0 aliphatic heterocycles. The molecule has 7 heteroatoms. The number of nitrogens with two attached hydrogens (primary N) is 1. The lowest BCUT2D eigenvalue weighted by atomic mass is 10.1. The fourth-order valence-corrected chi connectivity index (χ4v) is 1.86. The van der Waals surface area contributed by atoms with Gasteiger partial charge in [-0.05, 0) is 31.9 Å². The van der Waals surface area contributed by atoms with Gasteiger partial charge in [-0.1, -0.05) is 13.8 Å². The van der Waals surface area contributed by atoms with Crippen LogP contribution in [0.1, 0.15) is 33.3 Å². The fourth-order valence-electron chi connectivity index (χ4n) is 1.86. The van der Waals surface area contributed by atoms with E-state index in [-0.39, 0.29) is 17.7 Å². The molecular weight excluding hydrogens is 269 g/mol. The number of halogens is 3. The average Bonchev–Trinajstić information content (AvgIpc) is 2.33. The van der Waals surface area contributed by atoms with E-state index < -0.39 is 11.7 Å². The van der Waals surface area contributed by atoms with Gasteiger partial charge in [-0.15, -0.1) is 0 Å². The highest BCUT2D eigenvalue weighted by atomic mass is 19.4. The highest BCUT2D eigenvalue weighted by Crippen LogP contribution is 2.33. The summed E-state index contributed by atoms with van der Waals surface area (Å²) in [6.45, 7) is 8.46. The van der Waals surface area contributed by atoms with Crippen LogP contribution in [0, 0.1) is 5.92 Å². The zero-order valence-corrected chi connectivity index (χ0v) is 12.1. The smallest absolute Gasteiger partial charge is 0.354 e. The van der Waals surface area contributed by atoms with Crippen LogP contribution >= 0.6 is 0 Å². The number of hydrogen-bond acceptors (Lipinski definition) is 4. The summed E-state index contributed by atoms with van der Waals surface area (Å²) in [7, 11) is 0. The maximum atomic E-state index is 12.9. The van der Waals surface area contributed by atoms with Crippen LogP contribution < -0.4 is 16.2 Å². The van der Waals surface area contributed by atoms with Crippen molar-refractivity contribution in [3.8, 4) is 0 Å². The van der Waals surface area contributed by atoms with Crippen LogP contribution in [0.2, 0.25) is 0 Å². The number of alkyl halides is 3. The van der Waals surface area contributed by atoms with Gasteiger partial charge < -0.3 is 10.3 Å². The molecule has 0 aromatic carbocycles. The molecule has 114 valence electrons. The van der Waals surface area contributed by atoms with Crippen LogP contribution in [-0.2, 0) is 6.18 Å². The van der Waals surface area contributed by atoms with E-state index >= 15 is 0 Å². The van der Waals surface area contributed by atoms with Crippen molar-refractivity contribution in [1.82, 2.24) is 4.98 Å². The van der Waals surface area contributed by atoms with Gasteiger partial charge in [0.25, 0.3) is 0 Å². The first-order chi connectivity index (χ1) is 9.15. The molecule has 1 heterocycles. The Morgan fingerprint density at radius 3 is 2.25 bits per heavy atom. The predicted octanol–water partition coefficient (Wildman–Crippen LogP) is 3.26. The Balaban J connectivity index is 3.27. The highest BCUT2D eigenvalue weighted by Gasteiger charge is 2.32. The first-order valence-electron chi connectivity index (χ1n) is 6.47. The molecule has 20 heavy (non-hydrogen) atoms. The van der Waals surface area contributed by atoms with Gasteiger partial charge in [-0.25, -0.2) is 10.8 Å². The third-order valence-corrected chi connectivity index (χ3v) is 2.77. The second-order valence-electron chi connectivity index (χ2n) is 5.38. The van der Waals surface area contributed by atoms with Crippen LogP contribution in [0.3, 0.4) is 0 Å². The van der Waals surface area contributed by atoms with Crippen molar-refractivity contribution >= 4 is 11.6 Å². The third kappa shape index (κ3) is 4.26. The van der Waals surface area contributed by atoms with Crippen molar-refractivity contribution in [3.05, 3.63) is 17.7 Å². The van der Waals surface area contributed by atoms with E-state index in [0.29, 0.717) is 12.5 Å². The number of rotatable bonds is 5. The average molecular weight is 290 g/mol. The monoisotopic (exact) mass is 290 g/mol. The quantitative estimate of drug-likeness (QED) is 0.645. The number of hydrogen-bond donors (Lipinski definition) is 2. The number of nitrogen functional groups attached to an aromatic ring is 1. The number of nitrogens with one attached hydrogen (secondary N) is 1. The van der Waals surface area contributed by atoms with Gasteiger partial charge >= 0.3 is 6.18 Å². The SMILES string of the molecule is CC(C)CN(c1cc(C(F)(F)F)cc(NN)n1)C(C)C. The van der Waals surface area contributed by atoms with Gasteiger partial charge in [0, 0.05) is 12.6 Å². The Bertz CT molecular complexity index is 444. The van der Waals surface area contributed by atoms with Gasteiger partial charge in [0.05, 0.1) is 5.56 Å². The number of nitrogens with zero attached hydrogens (tertiary/aromatic N) is 2. The van der Waals surface area contributed by atoms with Crippen LogP contribution in [0.25, 0.3) is 0 Å². The third-order valence-electron chi connectivity index (χ3n) is 2.77. The van der Waals surface area contributed by atoms with E-state index in [2.05, 4.69) is 10.4 Å². The molecule has 0 aliphatic rings. The predicted molar refractivity (Wildman–Crippen MR) is 74.4 cm³/mol. The fraction of sp³-hybridized carbons (Fsp3) is 0.615. The molecule has 1 aromatic rings. The van der Waals surface area contributed by atoms with Gasteiger partial charge in [-0.2, -0.15) is 13.2 Å². The lowest BCUT2D eigenvalue weighted by Gasteiger charge is -2.30. The maximum Gasteiger partial charge on any atom is 0.416 e. The minimum atomic E-state index is -4.43. The normalized spacial score (nSPS) is 12.1. The topological polar surface area (TPSA) is 54.2 Å². The van der Waals surface area contributed by atoms with E-state index in [0.717, 1.165) is 12.1 Å². The maximum absolute atomic E-state index is 12.9. The molecule has 0 radical (unpaired) electrons. The summed E-state index contributed by atoms with van der Waals surface area (Å²) >= 11 is 0. The molecule has 1 aromatic heterocycles. The molecule has 0 unspecified atom stereocenters. The number of pyridine rings is 1. The Kier molecular flexibility index (Phi) is 5.21. The van der Waals surface area contributed by atoms with Gasteiger partial charge in [0.2, 0.25) is 0 Å². The van der Waals surface area contributed by atoms with Crippen molar-refractivity contribution in [1.29, 1.82) is 0 Å². The first kappa shape index (κ1) is 16.6. The van der Waals surface area contributed by atoms with E-state index in [9.17, 15) is 13.2 Å². The molecule has 0 saturated carbocycles. The lowest BCUT2D eigenvalue weighted by Crippen LogP contribution is -2.35. The minimum absolute atomic E-state index is 0.00392. The summed E-state index contributed by atoms with van der Waals surface area (Å²) in [5.74, 6) is 5.80. The van der Waals surface area contributed by atoms with E-state index in [1.165, 1.54) is 0 Å². The molecule has 0 amide bonds. The van der Waals surface area contributed by atoms with Crippen molar-refractivity contribution < 1.29 is 13.2 Å². The Morgan fingerprint density at radius 2 is 1.85 bits per heavy atom. The van der Waals surface area contributed by atoms with Crippen molar-refractivity contribution in [3.63, 3.8) is 0 Å². The van der Waals surface area contributed by atoms with Crippen LogP contribution in [0.5, 0.6) is 0 Å². The van der Waals surface area contributed by atoms with Crippen molar-refractivity contribution in [2.75, 3.05) is 16.9 Å². The standard InChI is InChI=1S/C13H21F3N4/c1-8(2)7-20(9(3)4)12-6-10(13(14,15)16)5-11(18-12)19-17/h5-6,8-9H,7,17H2,1-4H3,(H,18,19). The Morgan fingerprint density at radius 1 is 1.25 bits per heavy atom. The Labute approximate surface area is 117 Å². The van der Waals surface area contributed by atoms with Gasteiger partial charge in [0.1, 0.15) is 11.6 Å². The molecule has 0 aliphatic carbocycles. The van der Waals surface area contributed by atoms with Crippen LogP contribution in [0.15, 0.2) is 12.1 Å². The van der Waals surface area contributed by atoms with Crippen LogP contribution in [0.4, 0.5) is 24.8 Å². The molecule has 0 saturated heterocycles. The minimum Gasteiger partial charge on any atom is -0.354 e. The summed E-state index contributed by atoms with van der Waals surface area (Å²) < 4.78 is 38.7. The van der Waals surface area contributed by atoms with E-state index in [1.54, 1.807) is 0 Å². The molecular formula is C13H21F3N4. The molecule has 1 rings (SSSR count). The number of hydrazine groups is 1. The lowest BCUT2D eigenvalue weighted by molar-refractivity contribution is -0.137. The van der Waals surface area contributed by atoms with E-state index in [4.69, 9.17) is 5.84 Å². The second-order valence-corrected chi connectivity index (χ2v) is 5.38. The summed E-state index contributed by atoms with van der Waals surface area (Å²) in [6.07, 6.45) is -4.43. The second kappa shape index (κ2) is 6.30. The highest BCUT2D eigenvalue weighted by molar-refractivity contribution is 5.51. The number of aromatic nitrogens is 1. The van der Waals surface area contributed by atoms with Crippen molar-refractivity contribution in [2.45, 2.75) is 39.9 Å². The first-order valence-corrected chi connectivity index (χ1v) is 6.47. The van der Waals surface area contributed by atoms with Crippen LogP contribution in [-0.4, -0.2) is 17.6 Å². The molecule has 0 atom stereocenters. The zero-order chi connectivity index (χ0) is 15.5. The largest absolute Gasteiger partial charge is 0.416 e. The summed E-state index contributed by atoms with van der Waals surface area (Å²) in [4.78, 5) is 5.96. The molecule has 3 N–H and O–H groups in total.